The monoisotopic (exact) mass is 275 g/mol. The molecule has 0 amide bonds. The summed E-state index contributed by atoms with van der Waals surface area (Å²) >= 11 is 7.49. The molecule has 2 N–H and O–H groups in total. The summed E-state index contributed by atoms with van der Waals surface area (Å²) in [7, 11) is 0. The van der Waals surface area contributed by atoms with Gasteiger partial charge >= 0.3 is 0 Å². The van der Waals surface area contributed by atoms with Gasteiger partial charge in [0.15, 0.2) is 0 Å². The van der Waals surface area contributed by atoms with Gasteiger partial charge in [0.05, 0.1) is 10.9 Å². The van der Waals surface area contributed by atoms with Gasteiger partial charge in [-0.1, -0.05) is 31.9 Å². The quantitative estimate of drug-likeness (QED) is 0.808. The van der Waals surface area contributed by atoms with Crippen LogP contribution in [-0.2, 0) is 4.74 Å². The summed E-state index contributed by atoms with van der Waals surface area (Å²) in [6.07, 6.45) is 2.35. The van der Waals surface area contributed by atoms with Crippen molar-refractivity contribution >= 4 is 22.9 Å². The van der Waals surface area contributed by atoms with Crippen LogP contribution in [0.1, 0.15) is 44.6 Å². The van der Waals surface area contributed by atoms with Crippen molar-refractivity contribution in [1.82, 2.24) is 0 Å². The molecule has 0 aliphatic carbocycles. The fourth-order valence-electron chi connectivity index (χ4n) is 1.82. The predicted octanol–water partition coefficient (Wildman–Crippen LogP) is 4.24. The molecule has 3 unspecified atom stereocenters. The standard InChI is InChI=1S/C13H22ClNOS/c1-4-5-9(2)8-16-13(10(3)15)11-6-7-12(14)17-11/h6-7,9-10,13H,4-5,8,15H2,1-3H3. The number of hydrogen-bond donors (Lipinski definition) is 1. The van der Waals surface area contributed by atoms with Crippen molar-refractivity contribution in [2.75, 3.05) is 6.61 Å². The minimum Gasteiger partial charge on any atom is -0.371 e. The Morgan fingerprint density at radius 1 is 1.41 bits per heavy atom. The Morgan fingerprint density at radius 2 is 2.12 bits per heavy atom. The normalized spacial score (nSPS) is 16.8. The van der Waals surface area contributed by atoms with Gasteiger partial charge in [-0.15, -0.1) is 11.3 Å². The van der Waals surface area contributed by atoms with Gasteiger partial charge in [-0.2, -0.15) is 0 Å². The van der Waals surface area contributed by atoms with Gasteiger partial charge in [0.2, 0.25) is 0 Å². The molecule has 0 saturated heterocycles. The lowest BCUT2D eigenvalue weighted by Crippen LogP contribution is -2.27. The zero-order valence-corrected chi connectivity index (χ0v) is 12.4. The number of thiophene rings is 1. The number of hydrogen-bond acceptors (Lipinski definition) is 3. The Bertz CT molecular complexity index is 327. The zero-order chi connectivity index (χ0) is 12.8. The third-order valence-electron chi connectivity index (χ3n) is 2.69. The van der Waals surface area contributed by atoms with Crippen molar-refractivity contribution < 1.29 is 4.74 Å². The highest BCUT2D eigenvalue weighted by Gasteiger charge is 2.19. The minimum absolute atomic E-state index is 0.0152. The van der Waals surface area contributed by atoms with Crippen molar-refractivity contribution in [1.29, 1.82) is 0 Å². The lowest BCUT2D eigenvalue weighted by molar-refractivity contribution is 0.0195. The van der Waals surface area contributed by atoms with Crippen LogP contribution in [0.25, 0.3) is 0 Å². The smallest absolute Gasteiger partial charge is 0.106 e. The largest absolute Gasteiger partial charge is 0.371 e. The van der Waals surface area contributed by atoms with Crippen molar-refractivity contribution in [3.8, 4) is 0 Å². The molecule has 0 aliphatic heterocycles. The van der Waals surface area contributed by atoms with Crippen LogP contribution >= 0.6 is 22.9 Å². The van der Waals surface area contributed by atoms with Crippen LogP contribution in [0.3, 0.4) is 0 Å². The summed E-state index contributed by atoms with van der Waals surface area (Å²) < 4.78 is 6.73. The molecular formula is C13H22ClNOS. The van der Waals surface area contributed by atoms with Crippen molar-refractivity contribution in [2.45, 2.75) is 45.8 Å². The van der Waals surface area contributed by atoms with Gasteiger partial charge in [-0.3, -0.25) is 0 Å². The van der Waals surface area contributed by atoms with Crippen molar-refractivity contribution in [3.63, 3.8) is 0 Å². The van der Waals surface area contributed by atoms with Crippen LogP contribution < -0.4 is 5.73 Å². The van der Waals surface area contributed by atoms with E-state index in [1.807, 2.05) is 19.1 Å². The number of nitrogens with two attached hydrogens (primary N) is 1. The average molecular weight is 276 g/mol. The topological polar surface area (TPSA) is 35.2 Å². The maximum atomic E-state index is 5.98. The highest BCUT2D eigenvalue weighted by molar-refractivity contribution is 7.16. The first kappa shape index (κ1) is 15.0. The van der Waals surface area contributed by atoms with E-state index in [0.717, 1.165) is 15.8 Å². The minimum atomic E-state index is -0.0354. The molecule has 1 aromatic heterocycles. The van der Waals surface area contributed by atoms with Crippen LogP contribution in [0, 0.1) is 5.92 Å². The van der Waals surface area contributed by atoms with E-state index in [2.05, 4.69) is 13.8 Å². The molecule has 98 valence electrons. The molecule has 0 aliphatic rings. The summed E-state index contributed by atoms with van der Waals surface area (Å²) in [5.41, 5.74) is 5.98. The Balaban J connectivity index is 2.55. The Hall–Kier alpha value is -0.0900. The molecule has 0 radical (unpaired) electrons. The van der Waals surface area contributed by atoms with Crippen LogP contribution in [0.2, 0.25) is 4.34 Å². The molecule has 0 saturated carbocycles. The molecule has 4 heteroatoms. The van der Waals surface area contributed by atoms with Crippen LogP contribution in [-0.4, -0.2) is 12.6 Å². The van der Waals surface area contributed by atoms with E-state index in [0.29, 0.717) is 5.92 Å². The van der Waals surface area contributed by atoms with Crippen LogP contribution in [0.4, 0.5) is 0 Å². The van der Waals surface area contributed by atoms with Crippen molar-refractivity contribution in [3.05, 3.63) is 21.3 Å². The predicted molar refractivity (Wildman–Crippen MR) is 75.7 cm³/mol. The summed E-state index contributed by atoms with van der Waals surface area (Å²) in [6.45, 7) is 7.14. The van der Waals surface area contributed by atoms with E-state index >= 15 is 0 Å². The van der Waals surface area contributed by atoms with E-state index in [9.17, 15) is 0 Å². The summed E-state index contributed by atoms with van der Waals surface area (Å²) in [4.78, 5) is 1.12. The first-order valence-corrected chi connectivity index (χ1v) is 7.36. The second-order valence-corrected chi connectivity index (χ2v) is 6.40. The summed E-state index contributed by atoms with van der Waals surface area (Å²) in [5.74, 6) is 0.580. The van der Waals surface area contributed by atoms with Gasteiger partial charge in [0, 0.05) is 10.9 Å². The zero-order valence-electron chi connectivity index (χ0n) is 10.8. The van der Waals surface area contributed by atoms with E-state index in [-0.39, 0.29) is 12.1 Å². The second-order valence-electron chi connectivity index (χ2n) is 4.65. The maximum absolute atomic E-state index is 5.98. The summed E-state index contributed by atoms with van der Waals surface area (Å²) in [5, 5.41) is 0. The average Bonchev–Trinajstić information content (AvgIpc) is 2.65. The summed E-state index contributed by atoms with van der Waals surface area (Å²) in [6, 6.07) is 3.89. The second kappa shape index (κ2) is 7.37. The first-order valence-electron chi connectivity index (χ1n) is 6.17. The Labute approximate surface area is 113 Å². The Kier molecular flexibility index (Phi) is 6.49. The highest BCUT2D eigenvalue weighted by atomic mass is 35.5. The molecule has 0 bridgehead atoms. The molecular weight excluding hydrogens is 254 g/mol. The molecule has 3 atom stereocenters. The molecule has 1 aromatic rings. The van der Waals surface area contributed by atoms with Gasteiger partial charge in [-0.25, -0.2) is 0 Å². The fraction of sp³-hybridized carbons (Fsp3) is 0.692. The number of ether oxygens (including phenoxy) is 1. The third kappa shape index (κ3) is 4.96. The van der Waals surface area contributed by atoms with E-state index < -0.39 is 0 Å². The van der Waals surface area contributed by atoms with Gasteiger partial charge in [0.25, 0.3) is 0 Å². The van der Waals surface area contributed by atoms with Gasteiger partial charge < -0.3 is 10.5 Å². The van der Waals surface area contributed by atoms with E-state index in [1.165, 1.54) is 12.8 Å². The molecule has 2 nitrogen and oxygen atoms in total. The molecule has 0 aromatic carbocycles. The third-order valence-corrected chi connectivity index (χ3v) is 3.99. The molecule has 1 rings (SSSR count). The number of halogens is 1. The lowest BCUT2D eigenvalue weighted by atomic mass is 10.1. The maximum Gasteiger partial charge on any atom is 0.106 e. The van der Waals surface area contributed by atoms with Crippen molar-refractivity contribution in [2.24, 2.45) is 11.7 Å². The van der Waals surface area contributed by atoms with E-state index in [1.54, 1.807) is 11.3 Å². The molecule has 0 fully saturated rings. The fourth-order valence-corrected chi connectivity index (χ4v) is 3.04. The highest BCUT2D eigenvalue weighted by Crippen LogP contribution is 2.31. The molecule has 1 heterocycles. The first-order chi connectivity index (χ1) is 8.04. The van der Waals surface area contributed by atoms with Crippen LogP contribution in [0.15, 0.2) is 12.1 Å². The van der Waals surface area contributed by atoms with Gasteiger partial charge in [0.1, 0.15) is 6.10 Å². The molecule has 0 spiro atoms. The van der Waals surface area contributed by atoms with Gasteiger partial charge in [-0.05, 0) is 31.4 Å². The lowest BCUT2D eigenvalue weighted by Gasteiger charge is -2.22. The number of rotatable bonds is 7. The molecule has 17 heavy (non-hydrogen) atoms. The van der Waals surface area contributed by atoms with Crippen LogP contribution in [0.5, 0.6) is 0 Å². The van der Waals surface area contributed by atoms with E-state index in [4.69, 9.17) is 22.1 Å². The Morgan fingerprint density at radius 3 is 2.59 bits per heavy atom. The SMILES string of the molecule is CCCC(C)COC(c1ccc(Cl)s1)C(C)N.